The number of hydrogen-bond acceptors (Lipinski definition) is 2. The molecule has 0 saturated heterocycles. The normalized spacial score (nSPS) is 11.5. The van der Waals surface area contributed by atoms with Gasteiger partial charge in [0.05, 0.1) is 0 Å². The molecule has 0 atom stereocenters. The fraction of sp³-hybridized carbons (Fsp3) is 0.444. The summed E-state index contributed by atoms with van der Waals surface area (Å²) < 4.78 is 3.72. The van der Waals surface area contributed by atoms with Gasteiger partial charge in [0.25, 0.3) is 5.56 Å². The van der Waals surface area contributed by atoms with Gasteiger partial charge in [-0.15, -0.1) is 0 Å². The van der Waals surface area contributed by atoms with Crippen molar-refractivity contribution in [3.05, 3.63) is 69.5 Å². The van der Waals surface area contributed by atoms with Gasteiger partial charge < -0.3 is 9.13 Å². The van der Waals surface area contributed by atoms with E-state index >= 15 is 0 Å². The standard InChI is InChI=1S/2C9H13NO/c1-9(2,3)10-6-4-8(11)5-7-10;1-9(2,3)10-7-5-4-6-8(10)11/h2*4-7H,1-3H3. The molecule has 0 radical (unpaired) electrons. The highest BCUT2D eigenvalue weighted by atomic mass is 16.1. The van der Waals surface area contributed by atoms with Gasteiger partial charge in [-0.1, -0.05) is 6.07 Å². The van der Waals surface area contributed by atoms with Gasteiger partial charge in [0.2, 0.25) is 0 Å². The monoisotopic (exact) mass is 302 g/mol. The Morgan fingerprint density at radius 1 is 0.727 bits per heavy atom. The molecular formula is C18H26N2O2. The molecule has 0 amide bonds. The number of rotatable bonds is 0. The van der Waals surface area contributed by atoms with Crippen molar-refractivity contribution in [2.24, 2.45) is 0 Å². The van der Waals surface area contributed by atoms with E-state index < -0.39 is 0 Å². The lowest BCUT2D eigenvalue weighted by Gasteiger charge is -2.22. The maximum Gasteiger partial charge on any atom is 0.250 e. The smallest absolute Gasteiger partial charge is 0.250 e. The van der Waals surface area contributed by atoms with E-state index in [2.05, 4.69) is 20.8 Å². The first-order chi connectivity index (χ1) is 10.0. The van der Waals surface area contributed by atoms with Crippen molar-refractivity contribution in [2.45, 2.75) is 52.6 Å². The SMILES string of the molecule is CC(C)(C)n1ccc(=O)cc1.CC(C)(C)n1ccccc1=O. The van der Waals surface area contributed by atoms with Crippen molar-refractivity contribution in [2.75, 3.05) is 0 Å². The van der Waals surface area contributed by atoms with E-state index in [4.69, 9.17) is 0 Å². The van der Waals surface area contributed by atoms with Crippen LogP contribution in [0.1, 0.15) is 41.5 Å². The summed E-state index contributed by atoms with van der Waals surface area (Å²) in [6.45, 7) is 12.3. The lowest BCUT2D eigenvalue weighted by Crippen LogP contribution is -2.32. The summed E-state index contributed by atoms with van der Waals surface area (Å²) in [6, 6.07) is 8.35. The van der Waals surface area contributed by atoms with Crippen molar-refractivity contribution < 1.29 is 0 Å². The third-order valence-corrected chi connectivity index (χ3v) is 3.12. The summed E-state index contributed by atoms with van der Waals surface area (Å²) in [5, 5.41) is 0. The highest BCUT2D eigenvalue weighted by Gasteiger charge is 2.12. The molecule has 0 aliphatic rings. The van der Waals surface area contributed by atoms with Gasteiger partial charge in [0.15, 0.2) is 5.43 Å². The van der Waals surface area contributed by atoms with E-state index in [9.17, 15) is 9.59 Å². The van der Waals surface area contributed by atoms with Crippen LogP contribution in [0.4, 0.5) is 0 Å². The molecular weight excluding hydrogens is 276 g/mol. The van der Waals surface area contributed by atoms with Crippen LogP contribution in [0.15, 0.2) is 58.5 Å². The fourth-order valence-corrected chi connectivity index (χ4v) is 1.84. The lowest BCUT2D eigenvalue weighted by atomic mass is 10.1. The molecule has 0 unspecified atom stereocenters. The van der Waals surface area contributed by atoms with Crippen LogP contribution in [0.5, 0.6) is 0 Å². The second kappa shape index (κ2) is 6.77. The van der Waals surface area contributed by atoms with E-state index in [0.29, 0.717) is 0 Å². The van der Waals surface area contributed by atoms with Crippen molar-refractivity contribution in [3.8, 4) is 0 Å². The minimum Gasteiger partial charge on any atom is -0.349 e. The zero-order chi connectivity index (χ0) is 17.0. The summed E-state index contributed by atoms with van der Waals surface area (Å²) in [7, 11) is 0. The van der Waals surface area contributed by atoms with Crippen molar-refractivity contribution in [1.29, 1.82) is 0 Å². The number of aromatic nitrogens is 2. The number of hydrogen-bond donors (Lipinski definition) is 0. The van der Waals surface area contributed by atoms with Crippen LogP contribution in [0.3, 0.4) is 0 Å². The van der Waals surface area contributed by atoms with Crippen LogP contribution >= 0.6 is 0 Å². The van der Waals surface area contributed by atoms with E-state index in [1.807, 2.05) is 50.0 Å². The summed E-state index contributed by atoms with van der Waals surface area (Å²) in [5.41, 5.74) is 0.0666. The molecule has 2 aromatic heterocycles. The summed E-state index contributed by atoms with van der Waals surface area (Å²) in [5.74, 6) is 0. The summed E-state index contributed by atoms with van der Waals surface area (Å²) in [6.07, 6.45) is 5.42. The van der Waals surface area contributed by atoms with Crippen LogP contribution in [0.25, 0.3) is 0 Å². The molecule has 0 aliphatic heterocycles. The number of nitrogens with zero attached hydrogens (tertiary/aromatic N) is 2. The van der Waals surface area contributed by atoms with E-state index in [1.54, 1.807) is 28.8 Å². The van der Waals surface area contributed by atoms with Gasteiger partial charge in [0, 0.05) is 47.9 Å². The molecule has 120 valence electrons. The Kier molecular flexibility index (Phi) is 5.53. The van der Waals surface area contributed by atoms with Crippen molar-refractivity contribution in [1.82, 2.24) is 9.13 Å². The Hall–Kier alpha value is -2.10. The van der Waals surface area contributed by atoms with Crippen LogP contribution in [0, 0.1) is 0 Å². The Bertz CT molecular complexity index is 693. The Morgan fingerprint density at radius 3 is 1.64 bits per heavy atom. The molecule has 0 N–H and O–H groups in total. The molecule has 4 heteroatoms. The van der Waals surface area contributed by atoms with Gasteiger partial charge in [0.1, 0.15) is 0 Å². The Labute approximate surface area is 132 Å². The topological polar surface area (TPSA) is 44.0 Å². The van der Waals surface area contributed by atoms with E-state index in [1.165, 1.54) is 0 Å². The van der Waals surface area contributed by atoms with Crippen LogP contribution in [-0.2, 0) is 11.1 Å². The zero-order valence-electron chi connectivity index (χ0n) is 14.3. The van der Waals surface area contributed by atoms with E-state index in [0.717, 1.165) is 0 Å². The Balaban J connectivity index is 0.000000220. The lowest BCUT2D eigenvalue weighted by molar-refractivity contribution is 0.384. The third kappa shape index (κ3) is 5.35. The zero-order valence-corrected chi connectivity index (χ0v) is 14.3. The maximum atomic E-state index is 11.2. The number of pyridine rings is 2. The second-order valence-electron chi connectivity index (χ2n) is 7.19. The fourth-order valence-electron chi connectivity index (χ4n) is 1.84. The average molecular weight is 302 g/mol. The maximum absolute atomic E-state index is 11.2. The molecule has 0 saturated carbocycles. The second-order valence-corrected chi connectivity index (χ2v) is 7.19. The summed E-state index contributed by atoms with van der Waals surface area (Å²) >= 11 is 0. The molecule has 0 aliphatic carbocycles. The highest BCUT2D eigenvalue weighted by molar-refractivity contribution is 4.97. The third-order valence-electron chi connectivity index (χ3n) is 3.12. The predicted octanol–water partition coefficient (Wildman–Crippen LogP) is 3.21. The molecule has 0 spiro atoms. The predicted molar refractivity (Wildman–Crippen MR) is 91.4 cm³/mol. The van der Waals surface area contributed by atoms with Crippen LogP contribution in [-0.4, -0.2) is 9.13 Å². The van der Waals surface area contributed by atoms with Gasteiger partial charge in [-0.05, 0) is 47.6 Å². The highest BCUT2D eigenvalue weighted by Crippen LogP contribution is 2.11. The van der Waals surface area contributed by atoms with E-state index in [-0.39, 0.29) is 22.1 Å². The average Bonchev–Trinajstić information content (AvgIpc) is 2.38. The molecule has 4 nitrogen and oxygen atoms in total. The molecule has 2 rings (SSSR count). The first kappa shape index (κ1) is 18.0. The molecule has 2 heterocycles. The minimum absolute atomic E-state index is 0.0556. The molecule has 0 bridgehead atoms. The van der Waals surface area contributed by atoms with Gasteiger partial charge in [-0.2, -0.15) is 0 Å². The van der Waals surface area contributed by atoms with Gasteiger partial charge >= 0.3 is 0 Å². The molecule has 2 aromatic rings. The van der Waals surface area contributed by atoms with Crippen molar-refractivity contribution in [3.63, 3.8) is 0 Å². The van der Waals surface area contributed by atoms with Crippen LogP contribution < -0.4 is 11.0 Å². The largest absolute Gasteiger partial charge is 0.349 e. The summed E-state index contributed by atoms with van der Waals surface area (Å²) in [4.78, 5) is 22.0. The molecule has 0 fully saturated rings. The van der Waals surface area contributed by atoms with Gasteiger partial charge in [-0.3, -0.25) is 9.59 Å². The van der Waals surface area contributed by atoms with Gasteiger partial charge in [-0.25, -0.2) is 0 Å². The molecule has 22 heavy (non-hydrogen) atoms. The minimum atomic E-state index is -0.113. The quantitative estimate of drug-likeness (QED) is 0.750. The molecule has 0 aromatic carbocycles. The first-order valence-corrected chi connectivity index (χ1v) is 7.39. The first-order valence-electron chi connectivity index (χ1n) is 7.39. The van der Waals surface area contributed by atoms with Crippen LogP contribution in [0.2, 0.25) is 0 Å². The van der Waals surface area contributed by atoms with Crippen molar-refractivity contribution >= 4 is 0 Å². The Morgan fingerprint density at radius 2 is 1.27 bits per heavy atom.